The molecule has 142 valence electrons. The minimum Gasteiger partial charge on any atom is -0.486 e. The summed E-state index contributed by atoms with van der Waals surface area (Å²) in [5.41, 5.74) is 2.37. The van der Waals surface area contributed by atoms with E-state index < -0.39 is 0 Å². The van der Waals surface area contributed by atoms with E-state index in [-0.39, 0.29) is 18.4 Å². The number of amides is 2. The van der Waals surface area contributed by atoms with Gasteiger partial charge in [-0.1, -0.05) is 29.8 Å². The Labute approximate surface area is 162 Å². The van der Waals surface area contributed by atoms with Crippen LogP contribution >= 0.6 is 11.6 Å². The van der Waals surface area contributed by atoms with Crippen molar-refractivity contribution >= 4 is 23.4 Å². The molecule has 2 aromatic carbocycles. The molecule has 2 amide bonds. The Morgan fingerprint density at radius 3 is 2.70 bits per heavy atom. The van der Waals surface area contributed by atoms with Crippen molar-refractivity contribution in [1.29, 1.82) is 0 Å². The molecule has 2 N–H and O–H groups in total. The van der Waals surface area contributed by atoms with Crippen LogP contribution < -0.4 is 20.1 Å². The summed E-state index contributed by atoms with van der Waals surface area (Å²) in [5, 5.41) is 5.91. The Kier molecular flexibility index (Phi) is 6.19. The average molecular weight is 389 g/mol. The van der Waals surface area contributed by atoms with Crippen LogP contribution in [0.5, 0.6) is 11.5 Å². The first-order chi connectivity index (χ1) is 13.0. The lowest BCUT2D eigenvalue weighted by atomic mass is 10.1. The van der Waals surface area contributed by atoms with Gasteiger partial charge in [0.1, 0.15) is 13.2 Å². The summed E-state index contributed by atoms with van der Waals surface area (Å²) in [6, 6.07) is 10.9. The molecule has 0 atom stereocenters. The van der Waals surface area contributed by atoms with Crippen molar-refractivity contribution in [3.63, 3.8) is 0 Å². The van der Waals surface area contributed by atoms with E-state index in [0.29, 0.717) is 48.3 Å². The SMILES string of the molecule is Cc1ccccc1C(=O)NCC(=O)NCCc1cc(Cl)c2c(c1)OCCO2. The summed E-state index contributed by atoms with van der Waals surface area (Å²) in [6.45, 7) is 3.18. The predicted octanol–water partition coefficient (Wildman–Crippen LogP) is 2.51. The second-order valence-corrected chi connectivity index (χ2v) is 6.61. The number of carbonyl (C=O) groups is 2. The zero-order valence-corrected chi connectivity index (χ0v) is 15.8. The lowest BCUT2D eigenvalue weighted by Crippen LogP contribution is -2.37. The maximum Gasteiger partial charge on any atom is 0.251 e. The van der Waals surface area contributed by atoms with Gasteiger partial charge in [0.15, 0.2) is 11.5 Å². The number of ether oxygens (including phenoxy) is 2. The van der Waals surface area contributed by atoms with Gasteiger partial charge in [-0.05, 0) is 42.7 Å². The average Bonchev–Trinajstić information content (AvgIpc) is 2.66. The smallest absolute Gasteiger partial charge is 0.251 e. The molecule has 0 saturated heterocycles. The van der Waals surface area contributed by atoms with Gasteiger partial charge in [0, 0.05) is 12.1 Å². The highest BCUT2D eigenvalue weighted by molar-refractivity contribution is 6.32. The van der Waals surface area contributed by atoms with E-state index in [4.69, 9.17) is 21.1 Å². The Morgan fingerprint density at radius 1 is 1.11 bits per heavy atom. The molecule has 1 aliphatic rings. The van der Waals surface area contributed by atoms with Crippen molar-refractivity contribution < 1.29 is 19.1 Å². The van der Waals surface area contributed by atoms with Crippen molar-refractivity contribution in [2.75, 3.05) is 26.3 Å². The molecule has 7 heteroatoms. The molecule has 3 rings (SSSR count). The molecule has 0 fully saturated rings. The van der Waals surface area contributed by atoms with Gasteiger partial charge in [-0.3, -0.25) is 9.59 Å². The molecule has 2 aromatic rings. The van der Waals surface area contributed by atoms with Crippen molar-refractivity contribution in [3.05, 3.63) is 58.1 Å². The monoisotopic (exact) mass is 388 g/mol. The fraction of sp³-hybridized carbons (Fsp3) is 0.300. The van der Waals surface area contributed by atoms with Crippen LogP contribution in [-0.4, -0.2) is 38.1 Å². The molecule has 0 aromatic heterocycles. The van der Waals surface area contributed by atoms with E-state index in [1.54, 1.807) is 18.2 Å². The molecule has 27 heavy (non-hydrogen) atoms. The Morgan fingerprint density at radius 2 is 1.89 bits per heavy atom. The maximum absolute atomic E-state index is 12.1. The largest absolute Gasteiger partial charge is 0.486 e. The maximum atomic E-state index is 12.1. The summed E-state index contributed by atoms with van der Waals surface area (Å²) >= 11 is 6.20. The second-order valence-electron chi connectivity index (χ2n) is 6.20. The van der Waals surface area contributed by atoms with Crippen LogP contribution in [0.15, 0.2) is 36.4 Å². The van der Waals surface area contributed by atoms with E-state index in [0.717, 1.165) is 11.1 Å². The highest BCUT2D eigenvalue weighted by Crippen LogP contribution is 2.38. The summed E-state index contributed by atoms with van der Waals surface area (Å²) in [5.74, 6) is 0.678. The predicted molar refractivity (Wildman–Crippen MR) is 103 cm³/mol. The number of fused-ring (bicyclic) bond motifs is 1. The molecule has 1 aliphatic heterocycles. The van der Waals surface area contributed by atoms with Crippen molar-refractivity contribution in [3.8, 4) is 11.5 Å². The first-order valence-electron chi connectivity index (χ1n) is 8.73. The summed E-state index contributed by atoms with van der Waals surface area (Å²) < 4.78 is 11.0. The third-order valence-corrected chi connectivity index (χ3v) is 4.47. The second kappa shape index (κ2) is 8.77. The molecule has 0 radical (unpaired) electrons. The lowest BCUT2D eigenvalue weighted by Gasteiger charge is -2.20. The van der Waals surface area contributed by atoms with Gasteiger partial charge in [0.25, 0.3) is 5.91 Å². The van der Waals surface area contributed by atoms with Gasteiger partial charge >= 0.3 is 0 Å². The highest BCUT2D eigenvalue weighted by Gasteiger charge is 2.16. The molecule has 0 aliphatic carbocycles. The van der Waals surface area contributed by atoms with Crippen LogP contribution in [0.4, 0.5) is 0 Å². The van der Waals surface area contributed by atoms with Crippen LogP contribution in [0.2, 0.25) is 5.02 Å². The van der Waals surface area contributed by atoms with Gasteiger partial charge in [-0.15, -0.1) is 0 Å². The number of hydrogen-bond acceptors (Lipinski definition) is 4. The normalized spacial score (nSPS) is 12.4. The zero-order valence-electron chi connectivity index (χ0n) is 15.0. The van der Waals surface area contributed by atoms with E-state index in [1.807, 2.05) is 25.1 Å². The number of halogens is 1. The number of benzene rings is 2. The molecule has 0 unspecified atom stereocenters. The Hall–Kier alpha value is -2.73. The Bertz CT molecular complexity index is 854. The number of nitrogens with one attached hydrogen (secondary N) is 2. The van der Waals surface area contributed by atoms with E-state index >= 15 is 0 Å². The van der Waals surface area contributed by atoms with E-state index in [2.05, 4.69) is 10.6 Å². The third kappa shape index (κ3) is 4.92. The molecule has 1 heterocycles. The number of carbonyl (C=O) groups excluding carboxylic acids is 2. The number of aryl methyl sites for hydroxylation is 1. The van der Waals surface area contributed by atoms with Gasteiger partial charge in [0.05, 0.1) is 11.6 Å². The van der Waals surface area contributed by atoms with Crippen molar-refractivity contribution in [2.45, 2.75) is 13.3 Å². The first-order valence-corrected chi connectivity index (χ1v) is 9.11. The summed E-state index contributed by atoms with van der Waals surface area (Å²) in [6.07, 6.45) is 0.591. The zero-order chi connectivity index (χ0) is 19.2. The number of hydrogen-bond donors (Lipinski definition) is 2. The first kappa shape index (κ1) is 19.0. The molecule has 0 bridgehead atoms. The standard InChI is InChI=1S/C20H21ClN2O4/c1-13-4-2-3-5-15(13)20(25)23-12-18(24)22-7-6-14-10-16(21)19-17(11-14)26-8-9-27-19/h2-5,10-11H,6-9,12H2,1H3,(H,22,24)(H,23,25). The quantitative estimate of drug-likeness (QED) is 0.797. The van der Waals surface area contributed by atoms with E-state index in [1.165, 1.54) is 0 Å². The topological polar surface area (TPSA) is 76.7 Å². The van der Waals surface area contributed by atoms with Gasteiger partial charge in [-0.25, -0.2) is 0 Å². The van der Waals surface area contributed by atoms with Crippen LogP contribution in [-0.2, 0) is 11.2 Å². The van der Waals surface area contributed by atoms with Crippen molar-refractivity contribution in [1.82, 2.24) is 10.6 Å². The van der Waals surface area contributed by atoms with Crippen molar-refractivity contribution in [2.24, 2.45) is 0 Å². The van der Waals surface area contributed by atoms with Crippen LogP contribution in [0.3, 0.4) is 0 Å². The van der Waals surface area contributed by atoms with Crippen LogP contribution in [0.1, 0.15) is 21.5 Å². The molecule has 6 nitrogen and oxygen atoms in total. The highest BCUT2D eigenvalue weighted by atomic mass is 35.5. The third-order valence-electron chi connectivity index (χ3n) is 4.19. The van der Waals surface area contributed by atoms with Crippen LogP contribution in [0, 0.1) is 6.92 Å². The molecule has 0 saturated carbocycles. The number of rotatable bonds is 6. The minimum atomic E-state index is -0.262. The molecular formula is C20H21ClN2O4. The van der Waals surface area contributed by atoms with Crippen LogP contribution in [0.25, 0.3) is 0 Å². The fourth-order valence-electron chi connectivity index (χ4n) is 2.80. The molecular weight excluding hydrogens is 368 g/mol. The van der Waals surface area contributed by atoms with Gasteiger partial charge in [0.2, 0.25) is 5.91 Å². The lowest BCUT2D eigenvalue weighted by molar-refractivity contribution is -0.120. The Balaban J connectivity index is 1.45. The van der Waals surface area contributed by atoms with Gasteiger partial charge < -0.3 is 20.1 Å². The molecule has 0 spiro atoms. The van der Waals surface area contributed by atoms with Gasteiger partial charge in [-0.2, -0.15) is 0 Å². The summed E-state index contributed by atoms with van der Waals surface area (Å²) in [7, 11) is 0. The minimum absolute atomic E-state index is 0.0743. The fourth-order valence-corrected chi connectivity index (χ4v) is 3.09. The van der Waals surface area contributed by atoms with E-state index in [9.17, 15) is 9.59 Å². The summed E-state index contributed by atoms with van der Waals surface area (Å²) in [4.78, 5) is 24.1.